The Morgan fingerprint density at radius 2 is 1.95 bits per heavy atom. The molecule has 2 nitrogen and oxygen atoms in total. The number of rotatable bonds is 4. The molecular weight excluding hydrogens is 328 g/mol. The van der Waals surface area contributed by atoms with E-state index in [1.807, 2.05) is 0 Å². The minimum Gasteiger partial charge on any atom is -0.496 e. The summed E-state index contributed by atoms with van der Waals surface area (Å²) in [6.07, 6.45) is 0. The molecule has 20 heavy (non-hydrogen) atoms. The van der Waals surface area contributed by atoms with Crippen molar-refractivity contribution < 1.29 is 13.5 Å². The molecule has 2 aromatic rings. The Kier molecular flexibility index (Phi) is 4.73. The van der Waals surface area contributed by atoms with E-state index in [0.717, 1.165) is 11.1 Å². The highest BCUT2D eigenvalue weighted by atomic mass is 79.9. The lowest BCUT2D eigenvalue weighted by Gasteiger charge is -2.20. The van der Waals surface area contributed by atoms with E-state index in [9.17, 15) is 8.78 Å². The Morgan fingerprint density at radius 1 is 1.20 bits per heavy atom. The summed E-state index contributed by atoms with van der Waals surface area (Å²) >= 11 is 3.16. The fraction of sp³-hybridized carbons (Fsp3) is 0.200. The quantitative estimate of drug-likeness (QED) is 0.905. The highest BCUT2D eigenvalue weighted by Crippen LogP contribution is 2.34. The van der Waals surface area contributed by atoms with Gasteiger partial charge in [-0.05, 0) is 46.7 Å². The monoisotopic (exact) mass is 341 g/mol. The van der Waals surface area contributed by atoms with Gasteiger partial charge in [0, 0.05) is 11.6 Å². The van der Waals surface area contributed by atoms with Crippen LogP contribution in [-0.2, 0) is 0 Å². The molecule has 0 fully saturated rings. The summed E-state index contributed by atoms with van der Waals surface area (Å²) in [6.45, 7) is 0. The van der Waals surface area contributed by atoms with Crippen LogP contribution in [0.4, 0.5) is 8.78 Å². The fourth-order valence-corrected chi connectivity index (χ4v) is 2.50. The van der Waals surface area contributed by atoms with Crippen molar-refractivity contribution >= 4 is 15.9 Å². The van der Waals surface area contributed by atoms with Gasteiger partial charge in [0.1, 0.15) is 17.4 Å². The molecule has 2 aromatic carbocycles. The number of methoxy groups -OCH3 is 1. The van der Waals surface area contributed by atoms with Gasteiger partial charge >= 0.3 is 0 Å². The van der Waals surface area contributed by atoms with Gasteiger partial charge in [0.25, 0.3) is 0 Å². The molecule has 0 radical (unpaired) electrons. The second-order valence-electron chi connectivity index (χ2n) is 4.28. The highest BCUT2D eigenvalue weighted by Gasteiger charge is 2.19. The maximum atomic E-state index is 13.6. The maximum absolute atomic E-state index is 13.6. The van der Waals surface area contributed by atoms with E-state index in [1.54, 1.807) is 25.2 Å². The third-order valence-electron chi connectivity index (χ3n) is 3.05. The molecule has 0 aliphatic carbocycles. The Balaban J connectivity index is 2.54. The molecule has 1 unspecified atom stereocenters. The van der Waals surface area contributed by atoms with Crippen LogP contribution >= 0.6 is 15.9 Å². The Hall–Kier alpha value is -1.46. The van der Waals surface area contributed by atoms with E-state index >= 15 is 0 Å². The van der Waals surface area contributed by atoms with Gasteiger partial charge in [-0.25, -0.2) is 8.78 Å². The lowest BCUT2D eigenvalue weighted by Crippen LogP contribution is -2.18. The largest absolute Gasteiger partial charge is 0.496 e. The summed E-state index contributed by atoms with van der Waals surface area (Å²) in [6, 6.07) is 8.92. The summed E-state index contributed by atoms with van der Waals surface area (Å²) in [4.78, 5) is 0. The molecule has 0 amide bonds. The van der Waals surface area contributed by atoms with Gasteiger partial charge < -0.3 is 10.1 Å². The van der Waals surface area contributed by atoms with Gasteiger partial charge in [-0.1, -0.05) is 12.1 Å². The molecule has 106 valence electrons. The minimum absolute atomic E-state index is 0.294. The van der Waals surface area contributed by atoms with Gasteiger partial charge in [-0.2, -0.15) is 0 Å². The molecule has 0 spiro atoms. The van der Waals surface area contributed by atoms with E-state index in [0.29, 0.717) is 10.2 Å². The molecule has 0 aliphatic rings. The first-order chi connectivity index (χ1) is 9.56. The standard InChI is InChI=1S/C15H14BrF2NO/c1-19-15(9-4-3-5-10(17)6-9)11-7-12(16)13(18)8-14(11)20-2/h3-8,15,19H,1-2H3. The lowest BCUT2D eigenvalue weighted by molar-refractivity contribution is 0.401. The molecular formula is C15H14BrF2NO. The second-order valence-corrected chi connectivity index (χ2v) is 5.14. The van der Waals surface area contributed by atoms with Crippen LogP contribution in [0.5, 0.6) is 5.75 Å². The maximum Gasteiger partial charge on any atom is 0.141 e. The molecule has 0 heterocycles. The zero-order valence-corrected chi connectivity index (χ0v) is 12.7. The van der Waals surface area contributed by atoms with Crippen LogP contribution in [0.15, 0.2) is 40.9 Å². The van der Waals surface area contributed by atoms with E-state index in [1.165, 1.54) is 25.3 Å². The average molecular weight is 342 g/mol. The van der Waals surface area contributed by atoms with Crippen molar-refractivity contribution in [3.8, 4) is 5.75 Å². The highest BCUT2D eigenvalue weighted by molar-refractivity contribution is 9.10. The van der Waals surface area contributed by atoms with E-state index < -0.39 is 5.82 Å². The van der Waals surface area contributed by atoms with Crippen LogP contribution in [0.3, 0.4) is 0 Å². The van der Waals surface area contributed by atoms with Crippen molar-refractivity contribution in [2.24, 2.45) is 0 Å². The molecule has 2 rings (SSSR count). The first kappa shape index (κ1) is 14.9. The number of benzene rings is 2. The van der Waals surface area contributed by atoms with Crippen LogP contribution in [0.25, 0.3) is 0 Å². The van der Waals surface area contributed by atoms with Gasteiger partial charge in [0.05, 0.1) is 17.6 Å². The van der Waals surface area contributed by atoms with Crippen LogP contribution in [-0.4, -0.2) is 14.2 Å². The first-order valence-corrected chi connectivity index (χ1v) is 6.81. The molecule has 1 N–H and O–H groups in total. The first-order valence-electron chi connectivity index (χ1n) is 6.02. The molecule has 0 bridgehead atoms. The zero-order chi connectivity index (χ0) is 14.7. The van der Waals surface area contributed by atoms with E-state index in [2.05, 4.69) is 21.2 Å². The number of halogens is 3. The fourth-order valence-electron chi connectivity index (χ4n) is 2.13. The summed E-state index contributed by atoms with van der Waals surface area (Å²) in [5, 5.41) is 3.09. The van der Waals surface area contributed by atoms with Crippen molar-refractivity contribution in [1.82, 2.24) is 5.32 Å². The van der Waals surface area contributed by atoms with Gasteiger partial charge in [-0.15, -0.1) is 0 Å². The molecule has 1 atom stereocenters. The van der Waals surface area contributed by atoms with Crippen LogP contribution in [0, 0.1) is 11.6 Å². The predicted molar refractivity (Wildman–Crippen MR) is 78.0 cm³/mol. The minimum atomic E-state index is -0.403. The smallest absolute Gasteiger partial charge is 0.141 e. The molecule has 0 aliphatic heterocycles. The second kappa shape index (κ2) is 6.33. The zero-order valence-electron chi connectivity index (χ0n) is 11.1. The van der Waals surface area contributed by atoms with Gasteiger partial charge in [0.15, 0.2) is 0 Å². The Labute approximate surface area is 124 Å². The third kappa shape index (κ3) is 2.99. The number of ether oxygens (including phenoxy) is 1. The van der Waals surface area contributed by atoms with Gasteiger partial charge in [-0.3, -0.25) is 0 Å². The summed E-state index contributed by atoms with van der Waals surface area (Å²) in [7, 11) is 3.23. The van der Waals surface area contributed by atoms with Crippen molar-refractivity contribution in [3.63, 3.8) is 0 Å². The molecule has 5 heteroatoms. The molecule has 0 saturated carbocycles. The predicted octanol–water partition coefficient (Wildman–Crippen LogP) is 4.04. The number of hydrogen-bond acceptors (Lipinski definition) is 2. The SMILES string of the molecule is CNC(c1cccc(F)c1)c1cc(Br)c(F)cc1OC. The summed E-state index contributed by atoms with van der Waals surface area (Å²) in [5.74, 6) is -0.308. The lowest BCUT2D eigenvalue weighted by atomic mass is 9.98. The summed E-state index contributed by atoms with van der Waals surface area (Å²) < 4.78 is 32.5. The van der Waals surface area contributed by atoms with Crippen LogP contribution in [0.1, 0.15) is 17.2 Å². The number of nitrogens with one attached hydrogen (secondary N) is 1. The molecule has 0 saturated heterocycles. The molecule has 0 aromatic heterocycles. The number of hydrogen-bond donors (Lipinski definition) is 1. The van der Waals surface area contributed by atoms with Crippen LogP contribution < -0.4 is 10.1 Å². The van der Waals surface area contributed by atoms with E-state index in [4.69, 9.17) is 4.74 Å². The van der Waals surface area contributed by atoms with Crippen molar-refractivity contribution in [3.05, 3.63) is 63.6 Å². The van der Waals surface area contributed by atoms with Crippen molar-refractivity contribution in [2.45, 2.75) is 6.04 Å². The van der Waals surface area contributed by atoms with E-state index in [-0.39, 0.29) is 11.9 Å². The van der Waals surface area contributed by atoms with Gasteiger partial charge in [0.2, 0.25) is 0 Å². The third-order valence-corrected chi connectivity index (χ3v) is 3.66. The van der Waals surface area contributed by atoms with Crippen molar-refractivity contribution in [2.75, 3.05) is 14.2 Å². The van der Waals surface area contributed by atoms with Crippen molar-refractivity contribution in [1.29, 1.82) is 0 Å². The average Bonchev–Trinajstić information content (AvgIpc) is 2.43. The Morgan fingerprint density at radius 3 is 2.55 bits per heavy atom. The topological polar surface area (TPSA) is 21.3 Å². The Bertz CT molecular complexity index is 619. The summed E-state index contributed by atoms with van der Waals surface area (Å²) in [5.41, 5.74) is 1.47. The normalized spacial score (nSPS) is 12.2. The van der Waals surface area contributed by atoms with Crippen LogP contribution in [0.2, 0.25) is 0 Å².